The number of aliphatic carboxylic acids is 1. The Hall–Kier alpha value is -3.63. The number of ether oxygens (including phenoxy) is 1. The Balaban J connectivity index is 0.000000587. The molecule has 1 aliphatic heterocycles. The first kappa shape index (κ1) is 31.9. The highest BCUT2D eigenvalue weighted by molar-refractivity contribution is 7.89. The zero-order valence-electron chi connectivity index (χ0n) is 21.2. The molecule has 1 saturated carbocycles. The third-order valence-corrected chi connectivity index (χ3v) is 6.51. The number of rotatable bonds is 6. The number of benzene rings is 1. The quantitative estimate of drug-likeness (QED) is 0.456. The Morgan fingerprint density at radius 1 is 1.10 bits per heavy atom. The number of carboxylic acid groups (broad SMARTS) is 1. The minimum absolute atomic E-state index is 0.0802. The van der Waals surface area contributed by atoms with Gasteiger partial charge in [0, 0.05) is 18.8 Å². The maximum Gasteiger partial charge on any atom is 0.490 e. The van der Waals surface area contributed by atoms with Crippen LogP contribution in [-0.2, 0) is 21.0 Å². The lowest BCUT2D eigenvalue weighted by molar-refractivity contribution is -0.192. The number of amides is 1. The van der Waals surface area contributed by atoms with E-state index >= 15 is 0 Å². The van der Waals surface area contributed by atoms with E-state index in [0.29, 0.717) is 37.3 Å². The molecule has 1 saturated heterocycles. The van der Waals surface area contributed by atoms with Gasteiger partial charge in [-0.3, -0.25) is 4.79 Å². The fourth-order valence-electron chi connectivity index (χ4n) is 3.95. The summed E-state index contributed by atoms with van der Waals surface area (Å²) in [5.74, 6) is -3.96. The molecule has 0 spiro atoms. The van der Waals surface area contributed by atoms with Crippen LogP contribution in [-0.4, -0.2) is 62.0 Å². The molecular weight excluding hydrogens is 591 g/mol. The number of carbonyl (C=O) groups excluding carboxylic acids is 1. The molecule has 226 valence electrons. The number of carboxylic acids is 1. The SMILES string of the molecule is CS(=O)(=O)NC(=O)c1cc(C2CC2)c(O[C@@H]2CCCN(c3ccc(C(F)(F)F)cn3)C2)cc1F.O=C(O)C(F)(F)F. The summed E-state index contributed by atoms with van der Waals surface area (Å²) in [6.07, 6.45) is -5.30. The number of sulfonamides is 1. The third kappa shape index (κ3) is 9.19. The van der Waals surface area contributed by atoms with Gasteiger partial charge in [0.2, 0.25) is 10.0 Å². The van der Waals surface area contributed by atoms with Crippen LogP contribution in [0.1, 0.15) is 53.1 Å². The van der Waals surface area contributed by atoms with Gasteiger partial charge in [0.25, 0.3) is 5.91 Å². The molecule has 17 heteroatoms. The molecule has 0 radical (unpaired) electrons. The smallest absolute Gasteiger partial charge is 0.488 e. The van der Waals surface area contributed by atoms with Crippen LogP contribution in [0.5, 0.6) is 5.75 Å². The van der Waals surface area contributed by atoms with Crippen LogP contribution < -0.4 is 14.4 Å². The lowest BCUT2D eigenvalue weighted by atomic mass is 10.0. The highest BCUT2D eigenvalue weighted by Crippen LogP contribution is 2.45. The van der Waals surface area contributed by atoms with Gasteiger partial charge in [0.05, 0.1) is 23.9 Å². The fourth-order valence-corrected chi connectivity index (χ4v) is 4.39. The molecule has 0 unspecified atom stereocenters. The van der Waals surface area contributed by atoms with Crippen molar-refractivity contribution in [2.45, 2.75) is 50.1 Å². The van der Waals surface area contributed by atoms with Crippen molar-refractivity contribution in [3.05, 3.63) is 53.0 Å². The van der Waals surface area contributed by atoms with E-state index < -0.39 is 45.6 Å². The van der Waals surface area contributed by atoms with Crippen LogP contribution in [0.15, 0.2) is 30.5 Å². The number of nitrogens with zero attached hydrogens (tertiary/aromatic N) is 2. The number of alkyl halides is 6. The van der Waals surface area contributed by atoms with E-state index in [0.717, 1.165) is 37.4 Å². The number of carbonyl (C=O) groups is 2. The monoisotopic (exact) mass is 615 g/mol. The number of hydrogen-bond acceptors (Lipinski definition) is 7. The topological polar surface area (TPSA) is 126 Å². The standard InChI is InChI=1S/C22H23F4N3O4S.C2HF3O2/c1-34(31,32)28-21(30)17-9-16(13-4-5-13)19(10-18(17)23)33-15-3-2-8-29(12-15)20-7-6-14(11-27-20)22(24,25)26;3-2(4,5)1(6)7/h6-7,9-11,13,15H,2-5,8,12H2,1H3,(H,28,30);(H,6,7)/t15-;/m1./s1. The summed E-state index contributed by atoms with van der Waals surface area (Å²) in [5.41, 5.74) is -0.575. The maximum absolute atomic E-state index is 14.7. The van der Waals surface area contributed by atoms with Gasteiger partial charge in [-0.15, -0.1) is 0 Å². The van der Waals surface area contributed by atoms with Crippen molar-refractivity contribution >= 4 is 27.7 Å². The largest absolute Gasteiger partial charge is 0.490 e. The van der Waals surface area contributed by atoms with Crippen molar-refractivity contribution in [2.75, 3.05) is 24.2 Å². The Morgan fingerprint density at radius 2 is 1.73 bits per heavy atom. The summed E-state index contributed by atoms with van der Waals surface area (Å²) in [6, 6.07) is 4.73. The summed E-state index contributed by atoms with van der Waals surface area (Å²) in [7, 11) is -3.85. The lowest BCUT2D eigenvalue weighted by Crippen LogP contribution is -2.41. The molecule has 1 amide bonds. The lowest BCUT2D eigenvalue weighted by Gasteiger charge is -2.34. The number of piperidine rings is 1. The van der Waals surface area contributed by atoms with Gasteiger partial charge in [-0.1, -0.05) is 0 Å². The number of nitrogens with one attached hydrogen (secondary N) is 1. The molecule has 2 aliphatic rings. The first-order chi connectivity index (χ1) is 18.8. The van der Waals surface area contributed by atoms with Gasteiger partial charge < -0.3 is 14.7 Å². The van der Waals surface area contributed by atoms with Gasteiger partial charge in [0.15, 0.2) is 0 Å². The van der Waals surface area contributed by atoms with Crippen molar-refractivity contribution in [1.29, 1.82) is 0 Å². The first-order valence-electron chi connectivity index (χ1n) is 12.0. The molecule has 1 aromatic heterocycles. The van der Waals surface area contributed by atoms with E-state index in [9.17, 15) is 43.9 Å². The van der Waals surface area contributed by atoms with Crippen LogP contribution in [0, 0.1) is 5.82 Å². The van der Waals surface area contributed by atoms with Crippen molar-refractivity contribution < 1.29 is 58.6 Å². The highest BCUT2D eigenvalue weighted by Gasteiger charge is 2.38. The number of aromatic nitrogens is 1. The van der Waals surface area contributed by atoms with Crippen LogP contribution >= 0.6 is 0 Å². The van der Waals surface area contributed by atoms with Gasteiger partial charge in [-0.25, -0.2) is 27.3 Å². The summed E-state index contributed by atoms with van der Waals surface area (Å²) >= 11 is 0. The Bertz CT molecular complexity index is 1380. The number of pyridine rings is 1. The van der Waals surface area contributed by atoms with E-state index in [2.05, 4.69) is 4.98 Å². The predicted molar refractivity (Wildman–Crippen MR) is 129 cm³/mol. The average Bonchev–Trinajstić information content (AvgIpc) is 3.68. The van der Waals surface area contributed by atoms with E-state index in [1.165, 1.54) is 12.1 Å². The third-order valence-electron chi connectivity index (χ3n) is 5.95. The molecule has 4 rings (SSSR count). The Kier molecular flexibility index (Phi) is 9.40. The normalized spacial score (nSPS) is 17.8. The summed E-state index contributed by atoms with van der Waals surface area (Å²) in [6.45, 7) is 0.938. The second kappa shape index (κ2) is 12.1. The second-order valence-corrected chi connectivity index (χ2v) is 11.1. The van der Waals surface area contributed by atoms with E-state index in [1.54, 1.807) is 4.72 Å². The Morgan fingerprint density at radius 3 is 2.22 bits per heavy atom. The fraction of sp³-hybridized carbons (Fsp3) is 0.458. The van der Waals surface area contributed by atoms with Crippen molar-refractivity contribution in [1.82, 2.24) is 9.71 Å². The van der Waals surface area contributed by atoms with Crippen LogP contribution in [0.25, 0.3) is 0 Å². The minimum Gasteiger partial charge on any atom is -0.488 e. The number of hydrogen-bond donors (Lipinski definition) is 2. The number of halogens is 7. The van der Waals surface area contributed by atoms with Crippen LogP contribution in [0.3, 0.4) is 0 Å². The summed E-state index contributed by atoms with van der Waals surface area (Å²) in [5, 5.41) is 7.12. The van der Waals surface area contributed by atoms with Gasteiger partial charge in [0.1, 0.15) is 23.5 Å². The van der Waals surface area contributed by atoms with E-state index in [-0.39, 0.29) is 23.3 Å². The van der Waals surface area contributed by atoms with Gasteiger partial charge in [-0.2, -0.15) is 26.3 Å². The first-order valence-corrected chi connectivity index (χ1v) is 13.8. The molecule has 2 N–H and O–H groups in total. The Labute approximate surface area is 229 Å². The summed E-state index contributed by atoms with van der Waals surface area (Å²) in [4.78, 5) is 26.9. The van der Waals surface area contributed by atoms with E-state index in [1.807, 2.05) is 4.90 Å². The van der Waals surface area contributed by atoms with Crippen molar-refractivity contribution in [3.63, 3.8) is 0 Å². The molecule has 2 aromatic rings. The zero-order valence-corrected chi connectivity index (χ0v) is 22.0. The molecule has 9 nitrogen and oxygen atoms in total. The van der Waals surface area contributed by atoms with Crippen LogP contribution in [0.4, 0.5) is 36.6 Å². The minimum atomic E-state index is -5.08. The highest BCUT2D eigenvalue weighted by atomic mass is 32.2. The predicted octanol–water partition coefficient (Wildman–Crippen LogP) is 4.49. The molecule has 0 bridgehead atoms. The zero-order chi connectivity index (χ0) is 30.8. The molecule has 2 fully saturated rings. The van der Waals surface area contributed by atoms with E-state index in [4.69, 9.17) is 14.6 Å². The van der Waals surface area contributed by atoms with Crippen molar-refractivity contribution in [3.8, 4) is 5.75 Å². The molecule has 1 atom stereocenters. The van der Waals surface area contributed by atoms with Crippen LogP contribution in [0.2, 0.25) is 0 Å². The molecule has 1 aliphatic carbocycles. The molecule has 1 aromatic carbocycles. The van der Waals surface area contributed by atoms with Gasteiger partial charge >= 0.3 is 18.3 Å². The molecular formula is C24H24F7N3O6S. The second-order valence-electron chi connectivity index (χ2n) is 9.38. The molecule has 2 heterocycles. The maximum atomic E-state index is 14.7. The summed E-state index contributed by atoms with van der Waals surface area (Å²) < 4.78 is 115. The molecule has 41 heavy (non-hydrogen) atoms. The van der Waals surface area contributed by atoms with Crippen molar-refractivity contribution in [2.24, 2.45) is 0 Å². The van der Waals surface area contributed by atoms with Gasteiger partial charge in [-0.05, 0) is 55.4 Å². The number of anilines is 1. The average molecular weight is 616 g/mol.